The second-order valence-corrected chi connectivity index (χ2v) is 9.22. The van der Waals surface area contributed by atoms with Gasteiger partial charge in [0.15, 0.2) is 6.29 Å². The van der Waals surface area contributed by atoms with E-state index >= 15 is 0 Å². The number of rotatable bonds is 5. The van der Waals surface area contributed by atoms with Crippen molar-refractivity contribution in [2.75, 3.05) is 13.2 Å². The first-order valence-corrected chi connectivity index (χ1v) is 11.2. The van der Waals surface area contributed by atoms with Crippen molar-refractivity contribution in [1.82, 2.24) is 0 Å². The van der Waals surface area contributed by atoms with Gasteiger partial charge < -0.3 is 9.47 Å². The minimum atomic E-state index is -0.275. The Morgan fingerprint density at radius 3 is 2.11 bits per heavy atom. The third kappa shape index (κ3) is 5.05. The predicted octanol–water partition coefficient (Wildman–Crippen LogP) is 6.71. The molecule has 1 aromatic carbocycles. The molecule has 2 nitrogen and oxygen atoms in total. The average Bonchev–Trinajstić information content (AvgIpc) is 3.23. The molecule has 0 spiro atoms. The van der Waals surface area contributed by atoms with E-state index in [1.165, 1.54) is 57.8 Å². The van der Waals surface area contributed by atoms with Crippen LogP contribution in [0.4, 0.5) is 4.39 Å². The topological polar surface area (TPSA) is 18.5 Å². The Balaban J connectivity index is 1.19. The van der Waals surface area contributed by atoms with Crippen molar-refractivity contribution in [2.45, 2.75) is 76.4 Å². The molecule has 27 heavy (non-hydrogen) atoms. The molecule has 2 aliphatic carbocycles. The summed E-state index contributed by atoms with van der Waals surface area (Å²) in [6.45, 7) is 1.53. The lowest BCUT2D eigenvalue weighted by Gasteiger charge is -2.38. The summed E-state index contributed by atoms with van der Waals surface area (Å²) in [6.07, 6.45) is 12.9. The van der Waals surface area contributed by atoms with Crippen LogP contribution < -0.4 is 0 Å². The van der Waals surface area contributed by atoms with Gasteiger partial charge in [-0.2, -0.15) is 0 Å². The van der Waals surface area contributed by atoms with E-state index in [0.29, 0.717) is 5.92 Å². The van der Waals surface area contributed by atoms with Gasteiger partial charge >= 0.3 is 0 Å². The fourth-order valence-electron chi connectivity index (χ4n) is 5.58. The molecule has 4 heteroatoms. The second kappa shape index (κ2) is 9.24. The minimum absolute atomic E-state index is 0.0655. The fourth-order valence-corrected chi connectivity index (χ4v) is 5.70. The molecule has 0 aromatic heterocycles. The van der Waals surface area contributed by atoms with E-state index in [4.69, 9.17) is 21.1 Å². The average molecular weight is 395 g/mol. The zero-order valence-electron chi connectivity index (χ0n) is 16.2. The Morgan fingerprint density at radius 1 is 0.852 bits per heavy atom. The maximum Gasteiger partial charge on any atom is 0.157 e. The molecule has 1 aromatic rings. The van der Waals surface area contributed by atoms with Gasteiger partial charge in [0.25, 0.3) is 0 Å². The standard InChI is InChI=1S/C23H32ClFO2/c24-21-11-10-20(15-22(21)25)19-8-6-18(7-9-19)17-4-1-16(2-5-17)3-12-23-26-13-14-27-23/h10-11,15-19,23H,1-9,12-14H2. The van der Waals surface area contributed by atoms with Gasteiger partial charge in [0, 0.05) is 0 Å². The van der Waals surface area contributed by atoms with Crippen molar-refractivity contribution in [3.05, 3.63) is 34.6 Å². The first-order chi connectivity index (χ1) is 13.2. The van der Waals surface area contributed by atoms with Crippen molar-refractivity contribution in [3.63, 3.8) is 0 Å². The minimum Gasteiger partial charge on any atom is -0.350 e. The number of hydrogen-bond acceptors (Lipinski definition) is 2. The summed E-state index contributed by atoms with van der Waals surface area (Å²) in [5, 5.41) is 0.232. The molecule has 150 valence electrons. The van der Waals surface area contributed by atoms with Crippen molar-refractivity contribution in [2.24, 2.45) is 17.8 Å². The molecule has 3 aliphatic rings. The summed E-state index contributed by atoms with van der Waals surface area (Å²) in [7, 11) is 0. The van der Waals surface area contributed by atoms with Gasteiger partial charge in [0.05, 0.1) is 18.2 Å². The molecule has 0 bridgehead atoms. The van der Waals surface area contributed by atoms with Crippen LogP contribution in [0.5, 0.6) is 0 Å². The Labute approximate surface area is 167 Å². The highest BCUT2D eigenvalue weighted by Gasteiger charge is 2.31. The number of benzene rings is 1. The number of ether oxygens (including phenoxy) is 2. The number of halogens is 2. The number of hydrogen-bond donors (Lipinski definition) is 0. The van der Waals surface area contributed by atoms with Crippen LogP contribution in [0.2, 0.25) is 5.02 Å². The van der Waals surface area contributed by atoms with E-state index in [-0.39, 0.29) is 17.1 Å². The van der Waals surface area contributed by atoms with E-state index in [0.717, 1.165) is 43.0 Å². The molecule has 2 saturated carbocycles. The lowest BCUT2D eigenvalue weighted by molar-refractivity contribution is -0.0514. The van der Waals surface area contributed by atoms with Crippen molar-refractivity contribution < 1.29 is 13.9 Å². The van der Waals surface area contributed by atoms with E-state index in [2.05, 4.69) is 0 Å². The van der Waals surface area contributed by atoms with Gasteiger partial charge in [-0.3, -0.25) is 0 Å². The van der Waals surface area contributed by atoms with Gasteiger partial charge in [0.1, 0.15) is 5.82 Å². The zero-order chi connectivity index (χ0) is 18.6. The highest BCUT2D eigenvalue weighted by atomic mass is 35.5. The summed E-state index contributed by atoms with van der Waals surface area (Å²) in [5.41, 5.74) is 1.13. The Bertz CT molecular complexity index is 600. The molecular formula is C23H32ClFO2. The summed E-state index contributed by atoms with van der Waals surface area (Å²) >= 11 is 5.83. The normalized spacial score (nSPS) is 32.7. The van der Waals surface area contributed by atoms with E-state index < -0.39 is 0 Å². The van der Waals surface area contributed by atoms with Crippen LogP contribution in [0.3, 0.4) is 0 Å². The predicted molar refractivity (Wildman–Crippen MR) is 106 cm³/mol. The largest absolute Gasteiger partial charge is 0.350 e. The van der Waals surface area contributed by atoms with Crippen LogP contribution in [-0.4, -0.2) is 19.5 Å². The Hall–Kier alpha value is -0.640. The zero-order valence-corrected chi connectivity index (χ0v) is 16.9. The second-order valence-electron chi connectivity index (χ2n) is 8.81. The van der Waals surface area contributed by atoms with E-state index in [9.17, 15) is 4.39 Å². The summed E-state index contributed by atoms with van der Waals surface area (Å²) in [4.78, 5) is 0. The molecule has 0 amide bonds. The third-order valence-electron chi connectivity index (χ3n) is 7.25. The van der Waals surface area contributed by atoms with E-state index in [1.54, 1.807) is 12.1 Å². The van der Waals surface area contributed by atoms with E-state index in [1.807, 2.05) is 6.07 Å². The molecule has 4 rings (SSSR count). The lowest BCUT2D eigenvalue weighted by Crippen LogP contribution is -2.26. The van der Waals surface area contributed by atoms with Gasteiger partial charge in [0.2, 0.25) is 0 Å². The Kier molecular flexibility index (Phi) is 6.73. The summed E-state index contributed by atoms with van der Waals surface area (Å²) < 4.78 is 24.9. The lowest BCUT2D eigenvalue weighted by atomic mass is 9.68. The Morgan fingerprint density at radius 2 is 1.48 bits per heavy atom. The maximum atomic E-state index is 13.8. The van der Waals surface area contributed by atoms with Crippen LogP contribution in [0, 0.1) is 23.6 Å². The molecule has 0 atom stereocenters. The molecule has 0 N–H and O–H groups in total. The van der Waals surface area contributed by atoms with Gasteiger partial charge in [-0.25, -0.2) is 4.39 Å². The summed E-state index contributed by atoms with van der Waals surface area (Å²) in [5.74, 6) is 2.88. The van der Waals surface area contributed by atoms with Gasteiger partial charge in [-0.1, -0.05) is 30.5 Å². The third-order valence-corrected chi connectivity index (χ3v) is 7.55. The first kappa shape index (κ1) is 19.7. The van der Waals surface area contributed by atoms with Gasteiger partial charge in [-0.05, 0) is 92.7 Å². The highest BCUT2D eigenvalue weighted by molar-refractivity contribution is 6.30. The SMILES string of the molecule is Fc1cc(C2CCC(C3CCC(CCC4OCCO4)CC3)CC2)ccc1Cl. The monoisotopic (exact) mass is 394 g/mol. The van der Waals surface area contributed by atoms with Gasteiger partial charge in [-0.15, -0.1) is 0 Å². The highest BCUT2D eigenvalue weighted by Crippen LogP contribution is 2.44. The fraction of sp³-hybridized carbons (Fsp3) is 0.739. The molecule has 0 radical (unpaired) electrons. The molecular weight excluding hydrogens is 363 g/mol. The quantitative estimate of drug-likeness (QED) is 0.552. The maximum absolute atomic E-state index is 13.8. The smallest absolute Gasteiger partial charge is 0.157 e. The van der Waals surface area contributed by atoms with Crippen LogP contribution in [-0.2, 0) is 9.47 Å². The molecule has 1 aliphatic heterocycles. The van der Waals surface area contributed by atoms with Crippen LogP contribution >= 0.6 is 11.6 Å². The molecule has 3 fully saturated rings. The van der Waals surface area contributed by atoms with Crippen molar-refractivity contribution in [1.29, 1.82) is 0 Å². The molecule has 0 unspecified atom stereocenters. The van der Waals surface area contributed by atoms with Crippen LogP contribution in [0.15, 0.2) is 18.2 Å². The van der Waals surface area contributed by atoms with Crippen LogP contribution in [0.1, 0.15) is 75.7 Å². The van der Waals surface area contributed by atoms with Crippen molar-refractivity contribution >= 4 is 11.6 Å². The van der Waals surface area contributed by atoms with Crippen LogP contribution in [0.25, 0.3) is 0 Å². The molecule has 1 heterocycles. The summed E-state index contributed by atoms with van der Waals surface area (Å²) in [6, 6.07) is 5.37. The molecule has 1 saturated heterocycles. The first-order valence-electron chi connectivity index (χ1n) is 10.9. The van der Waals surface area contributed by atoms with Crippen molar-refractivity contribution in [3.8, 4) is 0 Å².